The van der Waals surface area contributed by atoms with Crippen molar-refractivity contribution in [2.45, 2.75) is 0 Å². The molecule has 2 aliphatic heterocycles. The zero-order valence-electron chi connectivity index (χ0n) is 16.5. The van der Waals surface area contributed by atoms with Gasteiger partial charge < -0.3 is 14.4 Å². The number of thioether (sulfide) groups is 1. The normalized spacial score (nSPS) is 18.0. The Bertz CT molecular complexity index is 1020. The summed E-state index contributed by atoms with van der Waals surface area (Å²) in [5.74, 6) is 0.402. The number of halogens is 1. The van der Waals surface area contributed by atoms with Crippen molar-refractivity contribution in [1.82, 2.24) is 4.90 Å². The zero-order chi connectivity index (χ0) is 21.8. The summed E-state index contributed by atoms with van der Waals surface area (Å²) >= 11 is 10.1. The van der Waals surface area contributed by atoms with Crippen molar-refractivity contribution in [2.75, 3.05) is 37.8 Å². The molecule has 0 unspecified atom stereocenters. The van der Waals surface area contributed by atoms with Crippen LogP contribution in [0.3, 0.4) is 0 Å². The van der Waals surface area contributed by atoms with Gasteiger partial charge in [-0.25, -0.2) is 0 Å². The van der Waals surface area contributed by atoms with Gasteiger partial charge in [0.25, 0.3) is 11.8 Å². The Hall–Kier alpha value is -2.20. The smallest absolute Gasteiger partial charge is 0.270 e. The molecular formula is C22H19BrN2O4S2. The molecule has 0 N–H and O–H groups in total. The Kier molecular flexibility index (Phi) is 7.06. The highest BCUT2D eigenvalue weighted by Crippen LogP contribution is 2.36. The van der Waals surface area contributed by atoms with Crippen LogP contribution in [-0.2, 0) is 14.3 Å². The minimum absolute atomic E-state index is 0.00874. The Morgan fingerprint density at radius 2 is 1.81 bits per heavy atom. The third-order valence-electron chi connectivity index (χ3n) is 4.78. The van der Waals surface area contributed by atoms with Gasteiger partial charge in [-0.3, -0.25) is 14.5 Å². The van der Waals surface area contributed by atoms with Crippen LogP contribution in [0, 0.1) is 0 Å². The number of anilines is 1. The molecular weight excluding hydrogens is 500 g/mol. The SMILES string of the molecule is O=C(COc1ccc(/C=C2/SC(=S)N(c3ccc(Br)cc3)C2=O)cc1)N1CCOCC1. The first-order valence-electron chi connectivity index (χ1n) is 9.63. The number of carbonyl (C=O) groups is 2. The zero-order valence-corrected chi connectivity index (χ0v) is 19.7. The van der Waals surface area contributed by atoms with Crippen LogP contribution in [0.5, 0.6) is 5.75 Å². The second kappa shape index (κ2) is 9.95. The van der Waals surface area contributed by atoms with Crippen LogP contribution in [0.15, 0.2) is 57.9 Å². The first-order chi connectivity index (χ1) is 15.0. The number of hydrogen-bond donors (Lipinski definition) is 0. The average molecular weight is 519 g/mol. The third kappa shape index (κ3) is 5.35. The van der Waals surface area contributed by atoms with E-state index >= 15 is 0 Å². The molecule has 2 aromatic rings. The molecule has 0 spiro atoms. The van der Waals surface area contributed by atoms with Crippen molar-refractivity contribution in [1.29, 1.82) is 0 Å². The Balaban J connectivity index is 1.38. The molecule has 2 amide bonds. The maximum Gasteiger partial charge on any atom is 0.270 e. The molecule has 31 heavy (non-hydrogen) atoms. The van der Waals surface area contributed by atoms with E-state index in [1.54, 1.807) is 23.1 Å². The lowest BCUT2D eigenvalue weighted by Crippen LogP contribution is -2.42. The highest BCUT2D eigenvalue weighted by Gasteiger charge is 2.33. The third-order valence-corrected chi connectivity index (χ3v) is 6.61. The summed E-state index contributed by atoms with van der Waals surface area (Å²) in [5.41, 5.74) is 1.59. The monoisotopic (exact) mass is 518 g/mol. The van der Waals surface area contributed by atoms with Gasteiger partial charge in [0.05, 0.1) is 23.8 Å². The molecule has 6 nitrogen and oxygen atoms in total. The summed E-state index contributed by atoms with van der Waals surface area (Å²) in [4.78, 5) is 28.9. The van der Waals surface area contributed by atoms with Crippen molar-refractivity contribution in [3.63, 3.8) is 0 Å². The molecule has 0 saturated carbocycles. The van der Waals surface area contributed by atoms with Gasteiger partial charge in [-0.1, -0.05) is 52.0 Å². The van der Waals surface area contributed by atoms with Crippen LogP contribution in [0.2, 0.25) is 0 Å². The molecule has 2 saturated heterocycles. The Morgan fingerprint density at radius 3 is 2.48 bits per heavy atom. The summed E-state index contributed by atoms with van der Waals surface area (Å²) < 4.78 is 12.3. The van der Waals surface area contributed by atoms with Gasteiger partial charge in [0.15, 0.2) is 10.9 Å². The highest BCUT2D eigenvalue weighted by molar-refractivity contribution is 9.10. The van der Waals surface area contributed by atoms with Crippen LogP contribution in [0.4, 0.5) is 5.69 Å². The van der Waals surface area contributed by atoms with E-state index < -0.39 is 0 Å². The number of hydrogen-bond acceptors (Lipinski definition) is 6. The lowest BCUT2D eigenvalue weighted by atomic mass is 10.2. The van der Waals surface area contributed by atoms with E-state index in [4.69, 9.17) is 21.7 Å². The van der Waals surface area contributed by atoms with E-state index in [0.29, 0.717) is 41.3 Å². The molecule has 2 aliphatic rings. The average Bonchev–Trinajstić information content (AvgIpc) is 3.07. The van der Waals surface area contributed by atoms with Crippen LogP contribution in [0.1, 0.15) is 5.56 Å². The Morgan fingerprint density at radius 1 is 1.13 bits per heavy atom. The second-order valence-corrected chi connectivity index (χ2v) is 9.44. The molecule has 2 heterocycles. The fourth-order valence-corrected chi connectivity index (χ4v) is 4.70. The molecule has 2 aromatic carbocycles. The van der Waals surface area contributed by atoms with Crippen LogP contribution in [0.25, 0.3) is 6.08 Å². The molecule has 0 aromatic heterocycles. The summed E-state index contributed by atoms with van der Waals surface area (Å²) in [6.07, 6.45) is 1.81. The van der Waals surface area contributed by atoms with Gasteiger partial charge in [0, 0.05) is 17.6 Å². The van der Waals surface area contributed by atoms with Gasteiger partial charge in [0.1, 0.15) is 5.75 Å². The van der Waals surface area contributed by atoms with Gasteiger partial charge in [0.2, 0.25) is 0 Å². The number of thiocarbonyl (C=S) groups is 1. The second-order valence-electron chi connectivity index (χ2n) is 6.84. The van der Waals surface area contributed by atoms with Crippen LogP contribution >= 0.6 is 39.9 Å². The van der Waals surface area contributed by atoms with E-state index in [9.17, 15) is 9.59 Å². The number of nitrogens with zero attached hydrogens (tertiary/aromatic N) is 2. The lowest BCUT2D eigenvalue weighted by Gasteiger charge is -2.26. The number of morpholine rings is 1. The minimum atomic E-state index is -0.145. The topological polar surface area (TPSA) is 59.1 Å². The largest absolute Gasteiger partial charge is 0.484 e. The lowest BCUT2D eigenvalue weighted by molar-refractivity contribution is -0.137. The predicted octanol–water partition coefficient (Wildman–Crippen LogP) is 4.09. The molecule has 4 rings (SSSR count). The van der Waals surface area contributed by atoms with E-state index in [1.807, 2.05) is 36.4 Å². The van der Waals surface area contributed by atoms with Crippen molar-refractivity contribution < 1.29 is 19.1 Å². The maximum absolute atomic E-state index is 12.9. The molecule has 0 bridgehead atoms. The van der Waals surface area contributed by atoms with E-state index in [-0.39, 0.29) is 18.4 Å². The standard InChI is InChI=1S/C22H19BrN2O4S2/c23-16-3-5-17(6-4-16)25-21(27)19(31-22(25)30)13-15-1-7-18(8-2-15)29-14-20(26)24-9-11-28-12-10-24/h1-8,13H,9-12,14H2/b19-13+. The van der Waals surface area contributed by atoms with Gasteiger partial charge in [-0.2, -0.15) is 0 Å². The van der Waals surface area contributed by atoms with E-state index in [2.05, 4.69) is 15.9 Å². The quantitative estimate of drug-likeness (QED) is 0.438. The first kappa shape index (κ1) is 22.0. The summed E-state index contributed by atoms with van der Waals surface area (Å²) in [6.45, 7) is 2.31. The highest BCUT2D eigenvalue weighted by atomic mass is 79.9. The number of ether oxygens (including phenoxy) is 2. The van der Waals surface area contributed by atoms with Gasteiger partial charge in [-0.15, -0.1) is 0 Å². The van der Waals surface area contributed by atoms with Crippen LogP contribution < -0.4 is 9.64 Å². The predicted molar refractivity (Wildman–Crippen MR) is 129 cm³/mol. The summed E-state index contributed by atoms with van der Waals surface area (Å²) in [6, 6.07) is 14.7. The molecule has 0 aliphatic carbocycles. The fourth-order valence-electron chi connectivity index (χ4n) is 3.14. The van der Waals surface area contributed by atoms with Crippen molar-refractivity contribution in [2.24, 2.45) is 0 Å². The molecule has 160 valence electrons. The number of amides is 2. The van der Waals surface area contributed by atoms with Crippen molar-refractivity contribution >= 4 is 67.8 Å². The number of benzene rings is 2. The number of carbonyl (C=O) groups excluding carboxylic acids is 2. The van der Waals surface area contributed by atoms with E-state index in [0.717, 1.165) is 15.7 Å². The summed E-state index contributed by atoms with van der Waals surface area (Å²) in [7, 11) is 0. The molecule has 0 atom stereocenters. The number of rotatable bonds is 5. The molecule has 2 fully saturated rings. The first-order valence-corrected chi connectivity index (χ1v) is 11.6. The fraction of sp³-hybridized carbons (Fsp3) is 0.227. The van der Waals surface area contributed by atoms with E-state index in [1.165, 1.54) is 16.7 Å². The maximum atomic E-state index is 12.9. The van der Waals surface area contributed by atoms with Crippen molar-refractivity contribution in [3.8, 4) is 5.75 Å². The summed E-state index contributed by atoms with van der Waals surface area (Å²) in [5, 5.41) is 0. The van der Waals surface area contributed by atoms with Crippen molar-refractivity contribution in [3.05, 3.63) is 63.5 Å². The Labute approximate surface area is 198 Å². The van der Waals surface area contributed by atoms with Crippen LogP contribution in [-0.4, -0.2) is 53.9 Å². The van der Waals surface area contributed by atoms with Gasteiger partial charge >= 0.3 is 0 Å². The van der Waals surface area contributed by atoms with Gasteiger partial charge in [-0.05, 0) is 48.0 Å². The molecule has 0 radical (unpaired) electrons. The minimum Gasteiger partial charge on any atom is -0.484 e. The molecule has 9 heteroatoms.